The molecule has 238 valence electrons. The van der Waals surface area contributed by atoms with Crippen molar-refractivity contribution < 1.29 is 37.0 Å². The van der Waals surface area contributed by atoms with E-state index in [2.05, 4.69) is 26.2 Å². The van der Waals surface area contributed by atoms with E-state index in [0.717, 1.165) is 23.5 Å². The lowest BCUT2D eigenvalue weighted by Crippen LogP contribution is -2.39. The summed E-state index contributed by atoms with van der Waals surface area (Å²) in [7, 11) is 2.67. The molecule has 5 rings (SSSR count). The average molecular weight is 717 g/mol. The van der Waals surface area contributed by atoms with Gasteiger partial charge in [-0.05, 0) is 54.5 Å². The molecule has 46 heavy (non-hydrogen) atoms. The van der Waals surface area contributed by atoms with E-state index in [0.29, 0.717) is 30.6 Å². The van der Waals surface area contributed by atoms with Gasteiger partial charge in [0.05, 0.1) is 41.6 Å². The summed E-state index contributed by atoms with van der Waals surface area (Å²) in [6.45, 7) is 1.18. The minimum atomic E-state index is -4.55. The van der Waals surface area contributed by atoms with E-state index in [9.17, 15) is 27.6 Å². The fourth-order valence-electron chi connectivity index (χ4n) is 4.83. The third-order valence-electron chi connectivity index (χ3n) is 6.94. The molecule has 0 aliphatic carbocycles. The monoisotopic (exact) mass is 715 g/mol. The smallest absolute Gasteiger partial charge is 0.416 e. The van der Waals surface area contributed by atoms with Gasteiger partial charge in [0.25, 0.3) is 11.5 Å². The van der Waals surface area contributed by atoms with Crippen LogP contribution in [0.15, 0.2) is 92.3 Å². The third kappa shape index (κ3) is 6.77. The first kappa shape index (κ1) is 32.7. The van der Waals surface area contributed by atoms with Crippen LogP contribution in [0.3, 0.4) is 0 Å². The number of anilines is 1. The van der Waals surface area contributed by atoms with Crippen LogP contribution in [0.4, 0.5) is 18.9 Å². The highest BCUT2D eigenvalue weighted by Crippen LogP contribution is 2.35. The Morgan fingerprint density at radius 3 is 2.48 bits per heavy atom. The van der Waals surface area contributed by atoms with Crippen LogP contribution in [0.1, 0.15) is 29.7 Å². The maximum absolute atomic E-state index is 13.8. The number of nitrogens with one attached hydrogen (secondary N) is 1. The zero-order chi connectivity index (χ0) is 33.2. The molecule has 0 radical (unpaired) electrons. The number of amides is 1. The second kappa shape index (κ2) is 13.3. The lowest BCUT2D eigenvalue weighted by atomic mass is 9.96. The maximum atomic E-state index is 13.8. The van der Waals surface area contributed by atoms with Gasteiger partial charge in [0, 0.05) is 10.2 Å². The molecule has 3 aromatic carbocycles. The quantitative estimate of drug-likeness (QED) is 0.251. The molecule has 1 unspecified atom stereocenters. The first-order chi connectivity index (χ1) is 21.9. The van der Waals surface area contributed by atoms with E-state index in [1.54, 1.807) is 25.1 Å². The molecule has 4 aromatic rings. The van der Waals surface area contributed by atoms with Crippen LogP contribution in [-0.4, -0.2) is 37.3 Å². The molecular formula is C32H25BrF3N3O6S. The molecule has 1 aliphatic heterocycles. The number of hydrogen-bond acceptors (Lipinski definition) is 8. The van der Waals surface area contributed by atoms with Crippen molar-refractivity contribution in [3.63, 3.8) is 0 Å². The Kier molecular flexibility index (Phi) is 9.49. The SMILES string of the molecule is COC(=O)C1=C(C)N=c2s/c(=C\c3cc(OC)c(OCC(=O)Nc4cccc(C(F)(F)F)c4)cc3Br)c(=O)n2C1c1ccccc1. The number of carbonyl (C=O) groups is 2. The standard InChI is InChI=1S/C32H25BrF3N3O6S/c1-17-27(30(42)44-3)28(18-8-5-4-6-9-18)39-29(41)25(46-31(39)37-17)13-19-12-23(43-2)24(15-22(19)33)45-16-26(40)38-21-11-7-10-20(14-21)32(34,35)36/h4-15,28H,16H2,1-3H3,(H,38,40)/b25-13-. The Morgan fingerprint density at radius 2 is 1.80 bits per heavy atom. The summed E-state index contributed by atoms with van der Waals surface area (Å²) < 4.78 is 57.4. The highest BCUT2D eigenvalue weighted by Gasteiger charge is 2.33. The number of allylic oxidation sites excluding steroid dienone is 1. The Morgan fingerprint density at radius 1 is 1.07 bits per heavy atom. The number of hydrogen-bond donors (Lipinski definition) is 1. The van der Waals surface area contributed by atoms with Crippen molar-refractivity contribution >= 4 is 50.9 Å². The van der Waals surface area contributed by atoms with Gasteiger partial charge in [-0.2, -0.15) is 13.2 Å². The first-order valence-electron chi connectivity index (χ1n) is 13.5. The van der Waals surface area contributed by atoms with Crippen molar-refractivity contribution in [3.05, 3.63) is 119 Å². The topological polar surface area (TPSA) is 108 Å². The molecule has 0 fully saturated rings. The minimum absolute atomic E-state index is 0.0308. The summed E-state index contributed by atoms with van der Waals surface area (Å²) in [6, 6.07) is 15.8. The Hall–Kier alpha value is -4.69. The largest absolute Gasteiger partial charge is 0.493 e. The van der Waals surface area contributed by atoms with Crippen LogP contribution in [0, 0.1) is 0 Å². The number of halogens is 4. The van der Waals surface area contributed by atoms with Crippen molar-refractivity contribution in [2.24, 2.45) is 4.99 Å². The fraction of sp³-hybridized carbons (Fsp3) is 0.188. The van der Waals surface area contributed by atoms with Gasteiger partial charge in [-0.3, -0.25) is 14.2 Å². The van der Waals surface area contributed by atoms with Crippen molar-refractivity contribution in [3.8, 4) is 11.5 Å². The number of esters is 1. The van der Waals surface area contributed by atoms with Crippen LogP contribution < -0.4 is 29.7 Å². The van der Waals surface area contributed by atoms with Crippen LogP contribution in [0.25, 0.3) is 6.08 Å². The Balaban J connectivity index is 1.44. The number of carbonyl (C=O) groups excluding carboxylic acids is 2. The van der Waals surface area contributed by atoms with Gasteiger partial charge < -0.3 is 19.5 Å². The number of fused-ring (bicyclic) bond motifs is 1. The van der Waals surface area contributed by atoms with E-state index in [4.69, 9.17) is 14.2 Å². The van der Waals surface area contributed by atoms with Gasteiger partial charge in [-0.1, -0.05) is 63.7 Å². The van der Waals surface area contributed by atoms with E-state index >= 15 is 0 Å². The first-order valence-corrected chi connectivity index (χ1v) is 15.2. The van der Waals surface area contributed by atoms with Crippen molar-refractivity contribution in [1.29, 1.82) is 0 Å². The number of alkyl halides is 3. The number of nitrogens with zero attached hydrogens (tertiary/aromatic N) is 2. The molecule has 0 spiro atoms. The fourth-order valence-corrected chi connectivity index (χ4v) is 6.31. The molecule has 1 atom stereocenters. The molecule has 0 bridgehead atoms. The van der Waals surface area contributed by atoms with Gasteiger partial charge >= 0.3 is 12.1 Å². The molecule has 1 aliphatic rings. The minimum Gasteiger partial charge on any atom is -0.493 e. The summed E-state index contributed by atoms with van der Waals surface area (Å²) in [6.07, 6.45) is -2.91. The van der Waals surface area contributed by atoms with E-state index < -0.39 is 36.3 Å². The molecule has 1 N–H and O–H groups in total. The summed E-state index contributed by atoms with van der Waals surface area (Å²) in [5, 5.41) is 2.38. The summed E-state index contributed by atoms with van der Waals surface area (Å²) >= 11 is 4.63. The van der Waals surface area contributed by atoms with E-state index in [1.165, 1.54) is 30.9 Å². The number of aromatic nitrogens is 1. The summed E-state index contributed by atoms with van der Waals surface area (Å²) in [5.74, 6) is -0.858. The summed E-state index contributed by atoms with van der Waals surface area (Å²) in [5.41, 5.74) is 0.661. The number of benzene rings is 3. The zero-order valence-corrected chi connectivity index (χ0v) is 26.9. The van der Waals surface area contributed by atoms with Crippen molar-refractivity contribution in [2.75, 3.05) is 26.1 Å². The number of thiazole rings is 1. The van der Waals surface area contributed by atoms with Gasteiger partial charge in [0.15, 0.2) is 22.9 Å². The number of rotatable bonds is 8. The lowest BCUT2D eigenvalue weighted by Gasteiger charge is -2.24. The lowest BCUT2D eigenvalue weighted by molar-refractivity contribution is -0.138. The third-order valence-corrected chi connectivity index (χ3v) is 8.61. The van der Waals surface area contributed by atoms with Crippen molar-refractivity contribution in [1.82, 2.24) is 4.57 Å². The maximum Gasteiger partial charge on any atom is 0.416 e. The Labute approximate surface area is 272 Å². The second-order valence-corrected chi connectivity index (χ2v) is 11.8. The van der Waals surface area contributed by atoms with Crippen LogP contribution in [0.5, 0.6) is 11.5 Å². The van der Waals surface area contributed by atoms with Gasteiger partial charge in [0.2, 0.25) is 0 Å². The van der Waals surface area contributed by atoms with Crippen LogP contribution >= 0.6 is 27.3 Å². The molecular weight excluding hydrogens is 691 g/mol. The number of methoxy groups -OCH3 is 2. The highest BCUT2D eigenvalue weighted by molar-refractivity contribution is 9.10. The normalized spacial score (nSPS) is 14.8. The molecule has 1 aromatic heterocycles. The molecule has 0 saturated heterocycles. The summed E-state index contributed by atoms with van der Waals surface area (Å²) in [4.78, 5) is 44.0. The number of ether oxygens (including phenoxy) is 3. The Bertz CT molecular complexity index is 2040. The van der Waals surface area contributed by atoms with Crippen molar-refractivity contribution in [2.45, 2.75) is 19.1 Å². The van der Waals surface area contributed by atoms with Gasteiger partial charge in [-0.25, -0.2) is 9.79 Å². The predicted molar refractivity (Wildman–Crippen MR) is 168 cm³/mol. The van der Waals surface area contributed by atoms with E-state index in [1.807, 2.05) is 30.3 Å². The average Bonchev–Trinajstić information content (AvgIpc) is 3.33. The second-order valence-electron chi connectivity index (χ2n) is 9.92. The highest BCUT2D eigenvalue weighted by atomic mass is 79.9. The predicted octanol–water partition coefficient (Wildman–Crippen LogP) is 5.22. The molecule has 14 heteroatoms. The molecule has 1 amide bonds. The van der Waals surface area contributed by atoms with Gasteiger partial charge in [0.1, 0.15) is 0 Å². The molecule has 2 heterocycles. The molecule has 9 nitrogen and oxygen atoms in total. The molecule has 0 saturated carbocycles. The zero-order valence-electron chi connectivity index (χ0n) is 24.5. The van der Waals surface area contributed by atoms with E-state index in [-0.39, 0.29) is 28.3 Å². The van der Waals surface area contributed by atoms with Crippen LogP contribution in [0.2, 0.25) is 0 Å². The van der Waals surface area contributed by atoms with Gasteiger partial charge in [-0.15, -0.1) is 0 Å². The van der Waals surface area contributed by atoms with Crippen LogP contribution in [-0.2, 0) is 20.5 Å².